The number of ketones is 1. The average Bonchev–Trinajstić information content (AvgIpc) is 2.89. The summed E-state index contributed by atoms with van der Waals surface area (Å²) in [6.45, 7) is 1.59. The molecular weight excluding hydrogens is 280 g/mol. The van der Waals surface area contributed by atoms with Gasteiger partial charge in [0.1, 0.15) is 11.6 Å². The summed E-state index contributed by atoms with van der Waals surface area (Å²) in [5.41, 5.74) is 1.06. The van der Waals surface area contributed by atoms with E-state index in [4.69, 9.17) is 0 Å². The molecule has 0 amide bonds. The highest BCUT2D eigenvalue weighted by molar-refractivity contribution is 7.10. The lowest BCUT2D eigenvalue weighted by molar-refractivity contribution is 0.0917. The van der Waals surface area contributed by atoms with Gasteiger partial charge in [0.2, 0.25) is 0 Å². The Bertz CT molecular complexity index is 653. The van der Waals surface area contributed by atoms with Crippen molar-refractivity contribution in [2.45, 2.75) is 13.0 Å². The van der Waals surface area contributed by atoms with Crippen LogP contribution in [0.4, 0.5) is 8.78 Å². The first-order valence-corrected chi connectivity index (χ1v) is 7.27. The van der Waals surface area contributed by atoms with Crippen LogP contribution in [0, 0.1) is 11.6 Å². The Balaban J connectivity index is 1.72. The molecule has 5 heteroatoms. The van der Waals surface area contributed by atoms with Gasteiger partial charge in [-0.1, -0.05) is 0 Å². The van der Waals surface area contributed by atoms with Crippen molar-refractivity contribution in [1.82, 2.24) is 4.90 Å². The Hall–Kier alpha value is -1.59. The van der Waals surface area contributed by atoms with Crippen LogP contribution < -0.4 is 0 Å². The first-order chi connectivity index (χ1) is 9.63. The number of Topliss-reactive ketones (excluding diaryl/α,β-unsaturated/α-hetero) is 1. The second kappa shape index (κ2) is 5.42. The minimum Gasteiger partial charge on any atom is -0.293 e. The Labute approximate surface area is 119 Å². The van der Waals surface area contributed by atoms with E-state index in [1.165, 1.54) is 10.4 Å². The molecule has 0 spiro atoms. The molecule has 0 unspecified atom stereocenters. The molecular formula is C15H13F2NOS. The van der Waals surface area contributed by atoms with Gasteiger partial charge in [-0.25, -0.2) is 8.78 Å². The number of benzene rings is 1. The molecule has 20 heavy (non-hydrogen) atoms. The van der Waals surface area contributed by atoms with Crippen molar-refractivity contribution in [2.75, 3.05) is 13.1 Å². The van der Waals surface area contributed by atoms with Crippen LogP contribution in [0.5, 0.6) is 0 Å². The van der Waals surface area contributed by atoms with E-state index in [0.717, 1.165) is 31.2 Å². The number of carbonyl (C=O) groups is 1. The number of nitrogens with zero attached hydrogens (tertiary/aromatic N) is 1. The minimum absolute atomic E-state index is 0.121. The Kier molecular flexibility index (Phi) is 3.63. The smallest absolute Gasteiger partial charge is 0.179 e. The van der Waals surface area contributed by atoms with Gasteiger partial charge in [-0.3, -0.25) is 9.69 Å². The van der Waals surface area contributed by atoms with Crippen LogP contribution in [-0.2, 0) is 13.0 Å². The molecule has 2 heterocycles. The minimum atomic E-state index is -0.662. The van der Waals surface area contributed by atoms with E-state index in [0.29, 0.717) is 6.54 Å². The van der Waals surface area contributed by atoms with Gasteiger partial charge in [-0.15, -0.1) is 11.3 Å². The predicted octanol–water partition coefficient (Wildman–Crippen LogP) is 3.27. The van der Waals surface area contributed by atoms with E-state index in [2.05, 4.69) is 6.07 Å². The highest BCUT2D eigenvalue weighted by atomic mass is 32.1. The van der Waals surface area contributed by atoms with Crippen LogP contribution in [0.15, 0.2) is 29.6 Å². The SMILES string of the molecule is O=C(CN1CCc2sccc2C1)c1cc(F)ccc1F. The molecule has 1 aliphatic heterocycles. The van der Waals surface area contributed by atoms with E-state index in [-0.39, 0.29) is 17.9 Å². The standard InChI is InChI=1S/C15H13F2NOS/c16-11-1-2-13(17)12(7-11)14(19)9-18-5-3-15-10(8-18)4-6-20-15/h1-2,4,6-7H,3,5,8-9H2. The summed E-state index contributed by atoms with van der Waals surface area (Å²) < 4.78 is 26.7. The third-order valence-electron chi connectivity index (χ3n) is 3.48. The molecule has 1 aromatic heterocycles. The van der Waals surface area contributed by atoms with Crippen molar-refractivity contribution in [3.63, 3.8) is 0 Å². The number of hydrogen-bond acceptors (Lipinski definition) is 3. The van der Waals surface area contributed by atoms with Crippen molar-refractivity contribution in [2.24, 2.45) is 0 Å². The molecule has 0 saturated heterocycles. The summed E-state index contributed by atoms with van der Waals surface area (Å²) >= 11 is 1.73. The third kappa shape index (κ3) is 2.64. The molecule has 0 atom stereocenters. The van der Waals surface area contributed by atoms with Gasteiger partial charge in [-0.05, 0) is 41.6 Å². The van der Waals surface area contributed by atoms with E-state index in [1.54, 1.807) is 11.3 Å². The third-order valence-corrected chi connectivity index (χ3v) is 4.51. The largest absolute Gasteiger partial charge is 0.293 e. The van der Waals surface area contributed by atoms with E-state index in [9.17, 15) is 13.6 Å². The van der Waals surface area contributed by atoms with Crippen molar-refractivity contribution >= 4 is 17.1 Å². The van der Waals surface area contributed by atoms with E-state index < -0.39 is 11.6 Å². The Morgan fingerprint density at radius 1 is 1.30 bits per heavy atom. The van der Waals surface area contributed by atoms with E-state index in [1.807, 2.05) is 10.3 Å². The van der Waals surface area contributed by atoms with Crippen molar-refractivity contribution in [3.05, 3.63) is 57.3 Å². The maximum absolute atomic E-state index is 13.6. The lowest BCUT2D eigenvalue weighted by Crippen LogP contribution is -2.34. The number of fused-ring (bicyclic) bond motifs is 1. The van der Waals surface area contributed by atoms with Gasteiger partial charge >= 0.3 is 0 Å². The molecule has 3 rings (SSSR count). The van der Waals surface area contributed by atoms with Crippen molar-refractivity contribution in [3.8, 4) is 0 Å². The summed E-state index contributed by atoms with van der Waals surface area (Å²) in [7, 11) is 0. The van der Waals surface area contributed by atoms with Gasteiger partial charge in [0.15, 0.2) is 5.78 Å². The van der Waals surface area contributed by atoms with Crippen LogP contribution in [0.25, 0.3) is 0 Å². The van der Waals surface area contributed by atoms with Crippen LogP contribution in [0.1, 0.15) is 20.8 Å². The number of thiophene rings is 1. The molecule has 1 aromatic carbocycles. The zero-order valence-corrected chi connectivity index (χ0v) is 11.6. The maximum Gasteiger partial charge on any atom is 0.179 e. The highest BCUT2D eigenvalue weighted by Gasteiger charge is 2.21. The topological polar surface area (TPSA) is 20.3 Å². The maximum atomic E-state index is 13.6. The summed E-state index contributed by atoms with van der Waals surface area (Å²) in [5.74, 6) is -1.63. The normalized spacial score (nSPS) is 15.1. The fourth-order valence-corrected chi connectivity index (χ4v) is 3.33. The predicted molar refractivity (Wildman–Crippen MR) is 74.0 cm³/mol. The van der Waals surface area contributed by atoms with Gasteiger partial charge in [0.05, 0.1) is 12.1 Å². The molecule has 0 radical (unpaired) electrons. The number of hydrogen-bond donors (Lipinski definition) is 0. The first-order valence-electron chi connectivity index (χ1n) is 6.39. The highest BCUT2D eigenvalue weighted by Crippen LogP contribution is 2.24. The van der Waals surface area contributed by atoms with Crippen molar-refractivity contribution in [1.29, 1.82) is 0 Å². The summed E-state index contributed by atoms with van der Waals surface area (Å²) in [5, 5.41) is 2.04. The van der Waals surface area contributed by atoms with Crippen LogP contribution in [0.2, 0.25) is 0 Å². The van der Waals surface area contributed by atoms with E-state index >= 15 is 0 Å². The fraction of sp³-hybridized carbons (Fsp3) is 0.267. The first kappa shape index (κ1) is 13.4. The van der Waals surface area contributed by atoms with Gasteiger partial charge in [-0.2, -0.15) is 0 Å². The quantitative estimate of drug-likeness (QED) is 0.810. The molecule has 0 saturated carbocycles. The lowest BCUT2D eigenvalue weighted by atomic mass is 10.1. The van der Waals surface area contributed by atoms with Crippen LogP contribution >= 0.6 is 11.3 Å². The Morgan fingerprint density at radius 2 is 2.15 bits per heavy atom. The molecule has 2 nitrogen and oxygen atoms in total. The summed E-state index contributed by atoms with van der Waals surface area (Å²) in [6.07, 6.45) is 0.909. The number of carbonyl (C=O) groups excluding carboxylic acids is 1. The second-order valence-corrected chi connectivity index (χ2v) is 5.88. The molecule has 0 fully saturated rings. The monoisotopic (exact) mass is 293 g/mol. The summed E-state index contributed by atoms with van der Waals surface area (Å²) in [6, 6.07) is 5.04. The van der Waals surface area contributed by atoms with Crippen LogP contribution in [0.3, 0.4) is 0 Å². The molecule has 1 aliphatic rings. The lowest BCUT2D eigenvalue weighted by Gasteiger charge is -2.26. The van der Waals surface area contributed by atoms with Gasteiger partial charge in [0.25, 0.3) is 0 Å². The average molecular weight is 293 g/mol. The molecule has 0 N–H and O–H groups in total. The second-order valence-electron chi connectivity index (χ2n) is 4.88. The van der Waals surface area contributed by atoms with Gasteiger partial charge < -0.3 is 0 Å². The molecule has 104 valence electrons. The molecule has 0 aliphatic carbocycles. The Morgan fingerprint density at radius 3 is 3.00 bits per heavy atom. The summed E-state index contributed by atoms with van der Waals surface area (Å²) in [4.78, 5) is 15.4. The molecule has 0 bridgehead atoms. The number of halogens is 2. The molecule has 2 aromatic rings. The van der Waals surface area contributed by atoms with Crippen molar-refractivity contribution < 1.29 is 13.6 Å². The van der Waals surface area contributed by atoms with Crippen LogP contribution in [-0.4, -0.2) is 23.8 Å². The zero-order chi connectivity index (χ0) is 14.1. The fourth-order valence-electron chi connectivity index (χ4n) is 2.44. The van der Waals surface area contributed by atoms with Gasteiger partial charge in [0, 0.05) is 18.0 Å². The zero-order valence-electron chi connectivity index (χ0n) is 10.7. The number of rotatable bonds is 3.